The minimum Gasteiger partial charge on any atom is -0.378 e. The van der Waals surface area contributed by atoms with E-state index >= 15 is 0 Å². The molecule has 2 unspecified atom stereocenters. The zero-order chi connectivity index (χ0) is 24.2. The first-order valence-corrected chi connectivity index (χ1v) is 10.9. The number of aryl methyl sites for hydroxylation is 1. The summed E-state index contributed by atoms with van der Waals surface area (Å²) in [4.78, 5) is 0. The number of hydrogen-bond acceptors (Lipinski definition) is 1. The molecule has 3 rings (SSSR count). The molecule has 1 aliphatic rings. The van der Waals surface area contributed by atoms with Crippen LogP contribution in [0, 0.1) is 11.6 Å². The predicted octanol–water partition coefficient (Wildman–Crippen LogP) is 8.29. The summed E-state index contributed by atoms with van der Waals surface area (Å²) < 4.78 is 99.1. The Morgan fingerprint density at radius 1 is 1.00 bits per heavy atom. The van der Waals surface area contributed by atoms with Gasteiger partial charge in [0.2, 0.25) is 0 Å². The van der Waals surface area contributed by atoms with E-state index in [9.17, 15) is 30.7 Å². The molecule has 33 heavy (non-hydrogen) atoms. The maximum atomic E-state index is 14.1. The van der Waals surface area contributed by atoms with Gasteiger partial charge in [0.15, 0.2) is 5.83 Å². The molecule has 1 fully saturated rings. The van der Waals surface area contributed by atoms with Gasteiger partial charge in [-0.3, -0.25) is 0 Å². The number of benzene rings is 2. The van der Waals surface area contributed by atoms with Gasteiger partial charge in [-0.1, -0.05) is 31.2 Å². The molecule has 0 amide bonds. The number of rotatable bonds is 7. The van der Waals surface area contributed by atoms with Crippen LogP contribution in [-0.2, 0) is 17.3 Å². The summed E-state index contributed by atoms with van der Waals surface area (Å²) in [6.45, 7) is 2.16. The summed E-state index contributed by atoms with van der Waals surface area (Å²) >= 11 is 0. The molecular weight excluding hydrogens is 449 g/mol. The molecule has 2 aromatic carbocycles. The molecule has 0 bridgehead atoms. The van der Waals surface area contributed by atoms with Crippen LogP contribution in [0.5, 0.6) is 0 Å². The van der Waals surface area contributed by atoms with Crippen molar-refractivity contribution >= 4 is 5.83 Å². The molecule has 0 saturated carbocycles. The van der Waals surface area contributed by atoms with Crippen molar-refractivity contribution in [3.8, 4) is 0 Å². The Balaban J connectivity index is 1.54. The first-order chi connectivity index (χ1) is 15.6. The quantitative estimate of drug-likeness (QED) is 0.367. The molecule has 1 aliphatic heterocycles. The highest BCUT2D eigenvalue weighted by Crippen LogP contribution is 2.35. The molecule has 2 aromatic rings. The summed E-state index contributed by atoms with van der Waals surface area (Å²) in [6, 6.07) is 8.01. The number of alkyl halides is 3. The molecule has 2 atom stereocenters. The van der Waals surface area contributed by atoms with Gasteiger partial charge in [0.05, 0.1) is 12.7 Å². The summed E-state index contributed by atoms with van der Waals surface area (Å²) in [5, 5.41) is 0. The van der Waals surface area contributed by atoms with Crippen molar-refractivity contribution in [2.24, 2.45) is 0 Å². The highest BCUT2D eigenvalue weighted by atomic mass is 19.4. The van der Waals surface area contributed by atoms with Gasteiger partial charge in [-0.15, -0.1) is 0 Å². The standard InChI is InChI=1S/C25H25F7O/c1-2-3-20(26)24(29)17-7-5-16(6-8-17)18-9-11-19(33-14-18)10-4-15-12-21(27)23(22(28)13-15)25(30,31)32/h5-8,12-13,18-19H,2-4,9-11,14H2,1H3/b24-20+. The summed E-state index contributed by atoms with van der Waals surface area (Å²) in [7, 11) is 0. The fourth-order valence-corrected chi connectivity index (χ4v) is 4.05. The molecule has 0 radical (unpaired) electrons. The van der Waals surface area contributed by atoms with Crippen LogP contribution in [-0.4, -0.2) is 12.7 Å². The molecule has 1 heterocycles. The van der Waals surface area contributed by atoms with Crippen LogP contribution in [0.3, 0.4) is 0 Å². The van der Waals surface area contributed by atoms with Crippen molar-refractivity contribution < 1.29 is 35.5 Å². The van der Waals surface area contributed by atoms with Crippen molar-refractivity contribution in [2.75, 3.05) is 6.61 Å². The average molecular weight is 474 g/mol. The van der Waals surface area contributed by atoms with Crippen molar-refractivity contribution in [2.45, 2.75) is 63.6 Å². The summed E-state index contributed by atoms with van der Waals surface area (Å²) in [6.07, 6.45) is -2.67. The van der Waals surface area contributed by atoms with Crippen LogP contribution in [0.1, 0.15) is 67.2 Å². The topological polar surface area (TPSA) is 9.23 Å². The Labute approximate surface area is 188 Å². The Morgan fingerprint density at radius 3 is 2.15 bits per heavy atom. The van der Waals surface area contributed by atoms with Gasteiger partial charge in [0.1, 0.15) is 23.0 Å². The lowest BCUT2D eigenvalue weighted by Crippen LogP contribution is -2.25. The number of ether oxygens (including phenoxy) is 1. The lowest BCUT2D eigenvalue weighted by molar-refractivity contribution is -0.142. The van der Waals surface area contributed by atoms with Crippen LogP contribution in [0.2, 0.25) is 0 Å². The largest absolute Gasteiger partial charge is 0.422 e. The number of hydrogen-bond donors (Lipinski definition) is 0. The monoisotopic (exact) mass is 474 g/mol. The van der Waals surface area contributed by atoms with Crippen LogP contribution < -0.4 is 0 Å². The maximum Gasteiger partial charge on any atom is 0.422 e. The first-order valence-electron chi connectivity index (χ1n) is 10.9. The molecule has 0 aromatic heterocycles. The molecule has 0 N–H and O–H groups in total. The Kier molecular flexibility index (Phi) is 8.21. The van der Waals surface area contributed by atoms with Crippen molar-refractivity contribution in [3.05, 3.63) is 76.1 Å². The fraction of sp³-hybridized carbons (Fsp3) is 0.440. The molecule has 180 valence electrons. The smallest absolute Gasteiger partial charge is 0.378 e. The van der Waals surface area contributed by atoms with Gasteiger partial charge < -0.3 is 4.74 Å². The van der Waals surface area contributed by atoms with Crippen LogP contribution in [0.25, 0.3) is 5.83 Å². The number of halogens is 7. The highest BCUT2D eigenvalue weighted by Gasteiger charge is 2.38. The second kappa shape index (κ2) is 10.7. The van der Waals surface area contributed by atoms with Crippen LogP contribution in [0.15, 0.2) is 42.2 Å². The molecule has 1 nitrogen and oxygen atoms in total. The van der Waals surface area contributed by atoms with Crippen molar-refractivity contribution in [1.82, 2.24) is 0 Å². The van der Waals surface area contributed by atoms with Gasteiger partial charge in [-0.2, -0.15) is 13.2 Å². The van der Waals surface area contributed by atoms with E-state index in [1.165, 1.54) is 0 Å². The third kappa shape index (κ3) is 6.37. The maximum absolute atomic E-state index is 14.1. The molecule has 8 heteroatoms. The van der Waals surface area contributed by atoms with Crippen molar-refractivity contribution in [1.29, 1.82) is 0 Å². The third-order valence-electron chi connectivity index (χ3n) is 5.85. The molecule has 0 aliphatic carbocycles. The van der Waals surface area contributed by atoms with Gasteiger partial charge >= 0.3 is 6.18 Å². The normalized spacial score (nSPS) is 20.0. The molecular formula is C25H25F7O. The summed E-state index contributed by atoms with van der Waals surface area (Å²) in [5.41, 5.74) is -0.606. The van der Waals surface area contributed by atoms with E-state index in [4.69, 9.17) is 4.74 Å². The average Bonchev–Trinajstić information content (AvgIpc) is 2.76. The Hall–Kier alpha value is -2.35. The SMILES string of the molecule is CCC/C(F)=C(\F)c1ccc(C2CCC(CCc3cc(F)c(C(F)(F)F)c(F)c3)OC2)cc1. The van der Waals surface area contributed by atoms with Gasteiger partial charge in [-0.05, 0) is 55.4 Å². The minimum absolute atomic E-state index is 0.0528. The first kappa shape index (κ1) is 25.3. The lowest BCUT2D eigenvalue weighted by atomic mass is 9.89. The van der Waals surface area contributed by atoms with Crippen LogP contribution in [0.4, 0.5) is 30.7 Å². The van der Waals surface area contributed by atoms with E-state index in [0.29, 0.717) is 25.9 Å². The Morgan fingerprint density at radius 2 is 1.64 bits per heavy atom. The van der Waals surface area contributed by atoms with Crippen molar-refractivity contribution in [3.63, 3.8) is 0 Å². The van der Waals surface area contributed by atoms with E-state index in [2.05, 4.69) is 0 Å². The minimum atomic E-state index is -5.09. The zero-order valence-electron chi connectivity index (χ0n) is 18.1. The van der Waals surface area contributed by atoms with E-state index < -0.39 is 35.0 Å². The van der Waals surface area contributed by atoms with Gasteiger partial charge in [0, 0.05) is 17.9 Å². The van der Waals surface area contributed by atoms with E-state index in [1.54, 1.807) is 31.2 Å². The lowest BCUT2D eigenvalue weighted by Gasteiger charge is -2.29. The van der Waals surface area contributed by atoms with Gasteiger partial charge in [0.25, 0.3) is 0 Å². The van der Waals surface area contributed by atoms with E-state index in [0.717, 1.165) is 24.1 Å². The van der Waals surface area contributed by atoms with E-state index in [-0.39, 0.29) is 36.0 Å². The fourth-order valence-electron chi connectivity index (χ4n) is 4.05. The Bertz CT molecular complexity index is 948. The molecule has 0 spiro atoms. The highest BCUT2D eigenvalue weighted by molar-refractivity contribution is 5.61. The second-order valence-corrected chi connectivity index (χ2v) is 8.29. The zero-order valence-corrected chi connectivity index (χ0v) is 18.1. The summed E-state index contributed by atoms with van der Waals surface area (Å²) in [5.74, 6) is -4.77. The number of allylic oxidation sites excluding steroid dienone is 1. The third-order valence-corrected chi connectivity index (χ3v) is 5.85. The second-order valence-electron chi connectivity index (χ2n) is 8.29. The molecule has 1 saturated heterocycles. The van der Waals surface area contributed by atoms with E-state index in [1.807, 2.05) is 0 Å². The predicted molar refractivity (Wildman–Crippen MR) is 112 cm³/mol. The van der Waals surface area contributed by atoms with Gasteiger partial charge in [-0.25, -0.2) is 17.6 Å². The van der Waals surface area contributed by atoms with Crippen LogP contribution >= 0.6 is 0 Å².